The number of ether oxygens (including phenoxy) is 1. The fourth-order valence-corrected chi connectivity index (χ4v) is 2.90. The molecule has 0 saturated carbocycles. The van der Waals surface area contributed by atoms with E-state index in [9.17, 15) is 9.59 Å². The van der Waals surface area contributed by atoms with Gasteiger partial charge < -0.3 is 44.0 Å². The van der Waals surface area contributed by atoms with Gasteiger partial charge in [-0.1, -0.05) is 0 Å². The predicted molar refractivity (Wildman–Crippen MR) is 87.6 cm³/mol. The summed E-state index contributed by atoms with van der Waals surface area (Å²) in [5.74, 6) is 0.263. The number of hydrogen-bond acceptors (Lipinski definition) is 6. The Morgan fingerprint density at radius 3 is 2.77 bits per heavy atom. The molecule has 1 aliphatic rings. The van der Waals surface area contributed by atoms with Crippen LogP contribution in [0.2, 0.25) is 0 Å². The van der Waals surface area contributed by atoms with E-state index in [1.807, 2.05) is 0 Å². The number of rotatable bonds is 3. The van der Waals surface area contributed by atoms with Crippen LogP contribution in [0.1, 0.15) is 18.9 Å². The molecular formula is C15H16IN6NaO3. The molecule has 9 nitrogen and oxygen atoms in total. The van der Waals surface area contributed by atoms with Crippen LogP contribution >= 0.6 is 0 Å². The molecule has 0 aromatic carbocycles. The topological polar surface area (TPSA) is 118 Å². The normalized spacial score (nSPS) is 14.5. The van der Waals surface area contributed by atoms with Gasteiger partial charge in [0.25, 0.3) is 5.56 Å². The molecule has 1 fully saturated rings. The molecule has 1 aliphatic heterocycles. The third-order valence-electron chi connectivity index (χ3n) is 4.08. The second-order valence-corrected chi connectivity index (χ2v) is 5.61. The molecule has 0 unspecified atom stereocenters. The van der Waals surface area contributed by atoms with Crippen molar-refractivity contribution in [1.29, 1.82) is 0 Å². The fourth-order valence-electron chi connectivity index (χ4n) is 2.90. The summed E-state index contributed by atoms with van der Waals surface area (Å²) in [5.41, 5.74) is 0.959. The van der Waals surface area contributed by atoms with Crippen molar-refractivity contribution in [2.24, 2.45) is 0 Å². The average molecular weight is 478 g/mol. The number of hydrogen-bond donors (Lipinski definition) is 3. The molecule has 3 aromatic heterocycles. The third kappa shape index (κ3) is 4.19. The van der Waals surface area contributed by atoms with Crippen LogP contribution in [0.15, 0.2) is 34.1 Å². The minimum atomic E-state index is -0.267. The molecule has 11 heteroatoms. The first-order valence-electron chi connectivity index (χ1n) is 7.72. The first kappa shape index (κ1) is 21.1. The molecule has 0 aliphatic carbocycles. The minimum Gasteiger partial charge on any atom is -1.00 e. The number of nitrogens with one attached hydrogen (secondary N) is 3. The Balaban J connectivity index is 0.00000121. The zero-order valence-electron chi connectivity index (χ0n) is 14.2. The number of aromatic amines is 2. The second kappa shape index (κ2) is 9.13. The van der Waals surface area contributed by atoms with E-state index in [1.165, 1.54) is 0 Å². The number of H-pyrrole nitrogens is 2. The Morgan fingerprint density at radius 2 is 2.04 bits per heavy atom. The summed E-state index contributed by atoms with van der Waals surface area (Å²) in [7, 11) is 0. The van der Waals surface area contributed by atoms with Crippen LogP contribution in [-0.2, 0) is 4.74 Å². The van der Waals surface area contributed by atoms with Crippen molar-refractivity contribution in [3.63, 3.8) is 0 Å². The van der Waals surface area contributed by atoms with Crippen molar-refractivity contribution in [3.05, 3.63) is 45.4 Å². The zero-order valence-corrected chi connectivity index (χ0v) is 18.3. The van der Waals surface area contributed by atoms with E-state index >= 15 is 0 Å². The predicted octanol–water partition coefficient (Wildman–Crippen LogP) is -5.09. The molecule has 1 saturated heterocycles. The van der Waals surface area contributed by atoms with E-state index in [-0.39, 0.29) is 76.8 Å². The summed E-state index contributed by atoms with van der Waals surface area (Å²) >= 11 is 0. The van der Waals surface area contributed by atoms with E-state index < -0.39 is 0 Å². The van der Waals surface area contributed by atoms with Crippen LogP contribution in [0.4, 0.5) is 11.6 Å². The van der Waals surface area contributed by atoms with E-state index in [4.69, 9.17) is 4.74 Å². The number of halogens is 1. The van der Waals surface area contributed by atoms with Crippen LogP contribution < -0.4 is 70.1 Å². The van der Waals surface area contributed by atoms with Gasteiger partial charge in [0.1, 0.15) is 11.2 Å². The molecule has 0 bridgehead atoms. The molecule has 4 heterocycles. The Hall–Kier alpha value is -1.21. The standard InChI is InChI=1S/C15H16N6O3.HI.Na/c22-13-10(2-1-5-16-13)18-14-17-8-11-12(20-14)21(15(23)19-11)9-3-6-24-7-4-9;;/h1-2,5,8-9H,3-4,6-7H2,(H,16,22)(H,19,23)(H,17,18,20);1H;/q;;+1/p-1. The van der Waals surface area contributed by atoms with Gasteiger partial charge in [-0.3, -0.25) is 9.36 Å². The smallest absolute Gasteiger partial charge is 1.00 e. The molecular weight excluding hydrogens is 462 g/mol. The largest absolute Gasteiger partial charge is 1.00 e. The first-order chi connectivity index (χ1) is 11.7. The second-order valence-electron chi connectivity index (χ2n) is 5.61. The maximum Gasteiger partial charge on any atom is 1.00 e. The van der Waals surface area contributed by atoms with E-state index in [1.54, 1.807) is 29.1 Å². The number of pyridine rings is 1. The zero-order chi connectivity index (χ0) is 16.5. The molecule has 0 amide bonds. The quantitative estimate of drug-likeness (QED) is 0.256. The molecule has 0 spiro atoms. The summed E-state index contributed by atoms with van der Waals surface area (Å²) < 4.78 is 7.01. The van der Waals surface area contributed by atoms with Crippen LogP contribution in [0.3, 0.4) is 0 Å². The van der Waals surface area contributed by atoms with Crippen LogP contribution in [0.5, 0.6) is 0 Å². The monoisotopic (exact) mass is 478 g/mol. The van der Waals surface area contributed by atoms with Gasteiger partial charge in [-0.15, -0.1) is 0 Å². The van der Waals surface area contributed by atoms with Gasteiger partial charge in [0.2, 0.25) is 5.95 Å². The van der Waals surface area contributed by atoms with E-state index in [0.29, 0.717) is 30.1 Å². The Bertz CT molecular complexity index is 995. The van der Waals surface area contributed by atoms with Crippen LogP contribution in [0, 0.1) is 0 Å². The molecule has 3 N–H and O–H groups in total. The number of aromatic nitrogens is 5. The van der Waals surface area contributed by atoms with Crippen molar-refractivity contribution in [1.82, 2.24) is 24.5 Å². The van der Waals surface area contributed by atoms with Crippen molar-refractivity contribution in [2.75, 3.05) is 18.5 Å². The van der Waals surface area contributed by atoms with Gasteiger partial charge in [0.15, 0.2) is 5.65 Å². The van der Waals surface area contributed by atoms with Crippen molar-refractivity contribution in [3.8, 4) is 0 Å². The summed E-state index contributed by atoms with van der Waals surface area (Å²) in [5, 5.41) is 2.88. The molecule has 0 atom stereocenters. The summed E-state index contributed by atoms with van der Waals surface area (Å²) in [6.45, 7) is 1.25. The SMILES string of the molecule is O=c1[nH]cccc1Nc1ncc2[nH]c(=O)n(C3CCOCC3)c2n1.[I-].[Na+]. The molecule has 26 heavy (non-hydrogen) atoms. The summed E-state index contributed by atoms with van der Waals surface area (Å²) in [4.78, 5) is 38.0. The van der Waals surface area contributed by atoms with Gasteiger partial charge in [-0.2, -0.15) is 4.98 Å². The van der Waals surface area contributed by atoms with Gasteiger partial charge in [-0.25, -0.2) is 9.78 Å². The van der Waals surface area contributed by atoms with Crippen LogP contribution in [-0.4, -0.2) is 37.7 Å². The fraction of sp³-hybridized carbons (Fsp3) is 0.333. The Labute approximate surface area is 187 Å². The summed E-state index contributed by atoms with van der Waals surface area (Å²) in [6, 6.07) is 3.38. The van der Waals surface area contributed by atoms with Crippen molar-refractivity contribution >= 4 is 22.8 Å². The third-order valence-corrected chi connectivity index (χ3v) is 4.08. The Morgan fingerprint density at radius 1 is 1.27 bits per heavy atom. The number of nitrogens with zero attached hydrogens (tertiary/aromatic N) is 3. The molecule has 0 radical (unpaired) electrons. The number of imidazole rings is 1. The molecule has 3 aromatic rings. The van der Waals surface area contributed by atoms with Gasteiger partial charge in [0, 0.05) is 25.5 Å². The molecule has 132 valence electrons. The van der Waals surface area contributed by atoms with E-state index in [0.717, 1.165) is 12.8 Å². The minimum absolute atomic E-state index is 0. The van der Waals surface area contributed by atoms with E-state index in [2.05, 4.69) is 25.3 Å². The van der Waals surface area contributed by atoms with Crippen molar-refractivity contribution < 1.29 is 58.3 Å². The van der Waals surface area contributed by atoms with Crippen molar-refractivity contribution in [2.45, 2.75) is 18.9 Å². The van der Waals surface area contributed by atoms with Gasteiger partial charge in [-0.05, 0) is 25.0 Å². The number of anilines is 2. The molecule has 4 rings (SSSR count). The summed E-state index contributed by atoms with van der Waals surface area (Å²) in [6.07, 6.45) is 4.61. The average Bonchev–Trinajstić information content (AvgIpc) is 2.93. The Kier molecular flexibility index (Phi) is 7.41. The maximum atomic E-state index is 12.3. The van der Waals surface area contributed by atoms with Crippen LogP contribution in [0.25, 0.3) is 11.2 Å². The first-order valence-corrected chi connectivity index (χ1v) is 7.72. The number of fused-ring (bicyclic) bond motifs is 1. The van der Waals surface area contributed by atoms with Gasteiger partial charge >= 0.3 is 35.2 Å². The van der Waals surface area contributed by atoms with Gasteiger partial charge in [0.05, 0.1) is 6.20 Å². The maximum absolute atomic E-state index is 12.3.